The lowest BCUT2D eigenvalue weighted by Gasteiger charge is -2.16. The Morgan fingerprint density at radius 1 is 1.05 bits per heavy atom. The second-order valence-electron chi connectivity index (χ2n) is 4.88. The fourth-order valence-electron chi connectivity index (χ4n) is 2.44. The molecule has 1 nitrogen and oxygen atoms in total. The third-order valence-corrected chi connectivity index (χ3v) is 4.73. The van der Waals surface area contributed by atoms with Crippen molar-refractivity contribution in [1.29, 1.82) is 0 Å². The fourth-order valence-corrected chi connectivity index (χ4v) is 3.48. The largest absolute Gasteiger partial charge is 0.305 e. The van der Waals surface area contributed by atoms with E-state index in [0.29, 0.717) is 6.04 Å². The zero-order valence-electron chi connectivity index (χ0n) is 11.3. The number of hydrogen-bond acceptors (Lipinski definition) is 2. The number of rotatable bonds is 4. The van der Waals surface area contributed by atoms with Crippen molar-refractivity contribution in [2.24, 2.45) is 0 Å². The summed E-state index contributed by atoms with van der Waals surface area (Å²) < 4.78 is 0.847. The SMILES string of the molecule is CC(NCc1ccc(Cl)s1)c1cccc2ccccc12. The van der Waals surface area contributed by atoms with Crippen molar-refractivity contribution in [3.8, 4) is 0 Å². The Kier molecular flexibility index (Phi) is 4.06. The van der Waals surface area contributed by atoms with Crippen LogP contribution in [0.25, 0.3) is 10.8 Å². The van der Waals surface area contributed by atoms with Crippen LogP contribution in [0, 0.1) is 0 Å². The molecular weight excluding hydrogens is 286 g/mol. The monoisotopic (exact) mass is 301 g/mol. The lowest BCUT2D eigenvalue weighted by molar-refractivity contribution is 0.582. The molecule has 0 aliphatic carbocycles. The van der Waals surface area contributed by atoms with E-state index in [-0.39, 0.29) is 0 Å². The molecule has 102 valence electrons. The summed E-state index contributed by atoms with van der Waals surface area (Å²) in [4.78, 5) is 1.27. The van der Waals surface area contributed by atoms with Crippen LogP contribution in [0.3, 0.4) is 0 Å². The molecule has 0 radical (unpaired) electrons. The van der Waals surface area contributed by atoms with Gasteiger partial charge in [0, 0.05) is 17.5 Å². The minimum absolute atomic E-state index is 0.307. The van der Waals surface area contributed by atoms with Gasteiger partial charge in [0.2, 0.25) is 0 Å². The summed E-state index contributed by atoms with van der Waals surface area (Å²) in [5.74, 6) is 0. The van der Waals surface area contributed by atoms with Crippen LogP contribution in [0.1, 0.15) is 23.4 Å². The second kappa shape index (κ2) is 5.96. The van der Waals surface area contributed by atoms with Gasteiger partial charge in [-0.1, -0.05) is 54.1 Å². The van der Waals surface area contributed by atoms with E-state index in [0.717, 1.165) is 10.9 Å². The molecule has 3 rings (SSSR count). The molecule has 1 heterocycles. The third-order valence-electron chi connectivity index (χ3n) is 3.50. The Hall–Kier alpha value is -1.35. The van der Waals surface area contributed by atoms with Crippen LogP contribution >= 0.6 is 22.9 Å². The Bertz CT molecular complexity index is 714. The fraction of sp³-hybridized carbons (Fsp3) is 0.176. The summed E-state index contributed by atoms with van der Waals surface area (Å²) in [6, 6.07) is 19.3. The van der Waals surface area contributed by atoms with Crippen LogP contribution in [0.4, 0.5) is 0 Å². The molecule has 2 aromatic carbocycles. The smallest absolute Gasteiger partial charge is 0.0931 e. The first kappa shape index (κ1) is 13.6. The molecule has 3 aromatic rings. The second-order valence-corrected chi connectivity index (χ2v) is 6.68. The van der Waals surface area contributed by atoms with Gasteiger partial charge in [0.1, 0.15) is 0 Å². The van der Waals surface area contributed by atoms with Crippen molar-refractivity contribution >= 4 is 33.7 Å². The van der Waals surface area contributed by atoms with E-state index in [2.05, 4.69) is 60.8 Å². The first-order chi connectivity index (χ1) is 9.74. The molecule has 1 atom stereocenters. The molecule has 0 spiro atoms. The molecular formula is C17H16ClNS. The zero-order chi connectivity index (χ0) is 13.9. The summed E-state index contributed by atoms with van der Waals surface area (Å²) in [6.07, 6.45) is 0. The molecule has 0 fully saturated rings. The van der Waals surface area contributed by atoms with Gasteiger partial charge in [0.25, 0.3) is 0 Å². The summed E-state index contributed by atoms with van der Waals surface area (Å²) in [7, 11) is 0. The van der Waals surface area contributed by atoms with Crippen LogP contribution in [0.5, 0.6) is 0 Å². The lowest BCUT2D eigenvalue weighted by Crippen LogP contribution is -2.17. The topological polar surface area (TPSA) is 12.0 Å². The Balaban J connectivity index is 1.80. The van der Waals surface area contributed by atoms with E-state index in [1.165, 1.54) is 21.2 Å². The maximum absolute atomic E-state index is 5.96. The maximum atomic E-state index is 5.96. The highest BCUT2D eigenvalue weighted by molar-refractivity contribution is 7.16. The summed E-state index contributed by atoms with van der Waals surface area (Å²) in [5.41, 5.74) is 1.34. The molecule has 20 heavy (non-hydrogen) atoms. The van der Waals surface area contributed by atoms with Crippen molar-refractivity contribution in [3.63, 3.8) is 0 Å². The van der Waals surface area contributed by atoms with Crippen LogP contribution in [-0.2, 0) is 6.54 Å². The number of nitrogens with one attached hydrogen (secondary N) is 1. The Morgan fingerprint density at radius 2 is 1.85 bits per heavy atom. The minimum Gasteiger partial charge on any atom is -0.305 e. The first-order valence-electron chi connectivity index (χ1n) is 6.69. The Labute approximate surface area is 128 Å². The van der Waals surface area contributed by atoms with Gasteiger partial charge in [-0.05, 0) is 35.4 Å². The molecule has 0 aliphatic heterocycles. The van der Waals surface area contributed by atoms with Crippen molar-refractivity contribution in [3.05, 3.63) is 69.4 Å². The number of fused-ring (bicyclic) bond motifs is 1. The molecule has 1 aromatic heterocycles. The van der Waals surface area contributed by atoms with Gasteiger partial charge >= 0.3 is 0 Å². The molecule has 0 bridgehead atoms. The van der Waals surface area contributed by atoms with E-state index in [9.17, 15) is 0 Å². The van der Waals surface area contributed by atoms with Gasteiger partial charge in [-0.2, -0.15) is 0 Å². The van der Waals surface area contributed by atoms with Crippen molar-refractivity contribution in [2.45, 2.75) is 19.5 Å². The highest BCUT2D eigenvalue weighted by Crippen LogP contribution is 2.25. The lowest BCUT2D eigenvalue weighted by atomic mass is 10.00. The van der Waals surface area contributed by atoms with Crippen molar-refractivity contribution < 1.29 is 0 Å². The third kappa shape index (κ3) is 2.88. The van der Waals surface area contributed by atoms with Gasteiger partial charge in [-0.3, -0.25) is 0 Å². The standard InChI is InChI=1S/C17H16ClNS/c1-12(19-11-14-9-10-17(18)20-14)15-8-4-6-13-5-2-3-7-16(13)15/h2-10,12,19H,11H2,1H3. The summed E-state index contributed by atoms with van der Waals surface area (Å²) in [5, 5.41) is 6.18. The molecule has 1 unspecified atom stereocenters. The van der Waals surface area contributed by atoms with Crippen molar-refractivity contribution in [2.75, 3.05) is 0 Å². The number of benzene rings is 2. The molecule has 0 saturated carbocycles. The zero-order valence-corrected chi connectivity index (χ0v) is 12.8. The number of thiophene rings is 1. The van der Waals surface area contributed by atoms with E-state index >= 15 is 0 Å². The molecule has 3 heteroatoms. The van der Waals surface area contributed by atoms with Gasteiger partial charge in [-0.25, -0.2) is 0 Å². The molecule has 0 aliphatic rings. The quantitative estimate of drug-likeness (QED) is 0.680. The first-order valence-corrected chi connectivity index (χ1v) is 7.89. The van der Waals surface area contributed by atoms with Gasteiger partial charge < -0.3 is 5.32 Å². The number of halogens is 1. The average molecular weight is 302 g/mol. The predicted molar refractivity (Wildman–Crippen MR) is 88.5 cm³/mol. The minimum atomic E-state index is 0.307. The van der Waals surface area contributed by atoms with Gasteiger partial charge in [-0.15, -0.1) is 11.3 Å². The summed E-state index contributed by atoms with van der Waals surface area (Å²) >= 11 is 7.59. The Morgan fingerprint density at radius 3 is 2.65 bits per heavy atom. The molecule has 1 N–H and O–H groups in total. The van der Waals surface area contributed by atoms with Crippen LogP contribution in [0.2, 0.25) is 4.34 Å². The van der Waals surface area contributed by atoms with Crippen LogP contribution < -0.4 is 5.32 Å². The van der Waals surface area contributed by atoms with Gasteiger partial charge in [0.05, 0.1) is 4.34 Å². The average Bonchev–Trinajstić information content (AvgIpc) is 2.90. The molecule has 0 amide bonds. The normalized spacial score (nSPS) is 12.7. The molecule has 0 saturated heterocycles. The van der Waals surface area contributed by atoms with E-state index < -0.39 is 0 Å². The van der Waals surface area contributed by atoms with Crippen LogP contribution in [0.15, 0.2) is 54.6 Å². The van der Waals surface area contributed by atoms with Crippen molar-refractivity contribution in [1.82, 2.24) is 5.32 Å². The van der Waals surface area contributed by atoms with E-state index in [4.69, 9.17) is 11.6 Å². The highest BCUT2D eigenvalue weighted by atomic mass is 35.5. The van der Waals surface area contributed by atoms with Gasteiger partial charge in [0.15, 0.2) is 0 Å². The highest BCUT2D eigenvalue weighted by Gasteiger charge is 2.09. The maximum Gasteiger partial charge on any atom is 0.0931 e. The van der Waals surface area contributed by atoms with Crippen LogP contribution in [-0.4, -0.2) is 0 Å². The number of hydrogen-bond donors (Lipinski definition) is 1. The van der Waals surface area contributed by atoms with E-state index in [1.54, 1.807) is 11.3 Å². The summed E-state index contributed by atoms with van der Waals surface area (Å²) in [6.45, 7) is 3.05. The predicted octanol–water partition coefficient (Wildman–Crippen LogP) is 5.41. The van der Waals surface area contributed by atoms with E-state index in [1.807, 2.05) is 6.07 Å².